The number of hydrogen-bond donors (Lipinski definition) is 2. The first kappa shape index (κ1) is 16.4. The van der Waals surface area contributed by atoms with Crippen molar-refractivity contribution < 1.29 is 9.59 Å². The molecule has 0 heterocycles. The molecule has 0 bridgehead atoms. The van der Waals surface area contributed by atoms with Gasteiger partial charge in [-0.3, -0.25) is 9.59 Å². The lowest BCUT2D eigenvalue weighted by atomic mass is 9.97. The number of carbonyl (C=O) groups is 2. The molecule has 1 unspecified atom stereocenters. The fourth-order valence-electron chi connectivity index (χ4n) is 1.40. The quantitative estimate of drug-likeness (QED) is 0.772. The smallest absolute Gasteiger partial charge is 0.237 e. The van der Waals surface area contributed by atoms with Gasteiger partial charge in [0.05, 0.1) is 6.07 Å². The van der Waals surface area contributed by atoms with Crippen LogP contribution in [0.2, 0.25) is 0 Å². The summed E-state index contributed by atoms with van der Waals surface area (Å²) >= 11 is 0. The van der Waals surface area contributed by atoms with Gasteiger partial charge in [-0.05, 0) is 26.7 Å². The summed E-state index contributed by atoms with van der Waals surface area (Å²) < 4.78 is 0. The Morgan fingerprint density at radius 2 is 1.83 bits per heavy atom. The molecule has 0 rings (SSSR count). The highest BCUT2D eigenvalue weighted by molar-refractivity contribution is 5.82. The predicted molar refractivity (Wildman–Crippen MR) is 69.5 cm³/mol. The molecule has 2 amide bonds. The maximum Gasteiger partial charge on any atom is 0.237 e. The fourth-order valence-corrected chi connectivity index (χ4v) is 1.40. The molecule has 0 aromatic heterocycles. The van der Waals surface area contributed by atoms with Crippen LogP contribution < -0.4 is 10.6 Å². The van der Waals surface area contributed by atoms with Gasteiger partial charge < -0.3 is 10.6 Å². The molecule has 0 saturated carbocycles. The largest absolute Gasteiger partial charge is 0.354 e. The lowest BCUT2D eigenvalue weighted by molar-refractivity contribution is -0.125. The molecule has 0 aromatic rings. The Morgan fingerprint density at radius 1 is 1.28 bits per heavy atom. The van der Waals surface area contributed by atoms with Gasteiger partial charge in [0.2, 0.25) is 11.8 Å². The molecule has 0 aromatic carbocycles. The Morgan fingerprint density at radius 3 is 2.22 bits per heavy atom. The van der Waals surface area contributed by atoms with Crippen molar-refractivity contribution in [2.24, 2.45) is 11.8 Å². The zero-order chi connectivity index (χ0) is 14.3. The number of rotatable bonds is 5. The van der Waals surface area contributed by atoms with Crippen molar-refractivity contribution in [2.45, 2.75) is 46.6 Å². The molecule has 18 heavy (non-hydrogen) atoms. The average molecular weight is 253 g/mol. The van der Waals surface area contributed by atoms with E-state index in [9.17, 15) is 9.59 Å². The maximum absolute atomic E-state index is 11.6. The van der Waals surface area contributed by atoms with E-state index in [1.807, 2.05) is 40.7 Å². The van der Waals surface area contributed by atoms with E-state index in [0.29, 0.717) is 0 Å². The molecule has 5 heteroatoms. The van der Waals surface area contributed by atoms with Crippen molar-refractivity contribution >= 4 is 11.8 Å². The molecule has 5 nitrogen and oxygen atoms in total. The molecular weight excluding hydrogens is 230 g/mol. The highest BCUT2D eigenvalue weighted by Crippen LogP contribution is 2.09. The Kier molecular flexibility index (Phi) is 6.39. The number of nitrogens with zero attached hydrogens (tertiary/aromatic N) is 1. The van der Waals surface area contributed by atoms with Crippen LogP contribution in [-0.2, 0) is 9.59 Å². The molecule has 0 aliphatic rings. The lowest BCUT2D eigenvalue weighted by Crippen LogP contribution is -2.42. The Balaban J connectivity index is 4.03. The summed E-state index contributed by atoms with van der Waals surface area (Å²) in [6.45, 7) is 9.58. The summed E-state index contributed by atoms with van der Waals surface area (Å²) in [7, 11) is 0. The van der Waals surface area contributed by atoms with Crippen LogP contribution in [0.25, 0.3) is 0 Å². The van der Waals surface area contributed by atoms with E-state index in [1.165, 1.54) is 0 Å². The Hall–Kier alpha value is -1.57. The summed E-state index contributed by atoms with van der Waals surface area (Å²) in [6.07, 6.45) is 0.221. The third kappa shape index (κ3) is 6.89. The van der Waals surface area contributed by atoms with Crippen LogP contribution in [0.4, 0.5) is 0 Å². The van der Waals surface area contributed by atoms with E-state index in [2.05, 4.69) is 10.6 Å². The first-order valence-electron chi connectivity index (χ1n) is 6.15. The molecule has 0 spiro atoms. The van der Waals surface area contributed by atoms with Gasteiger partial charge in [0.25, 0.3) is 0 Å². The highest BCUT2D eigenvalue weighted by atomic mass is 16.2. The standard InChI is InChI=1S/C13H23N3O2/c1-9(2)10(8-14)12(18)15-7-6-11(17)16-13(3,4)5/h9-10H,6-7H2,1-5H3,(H,15,18)(H,16,17). The molecule has 102 valence electrons. The third-order valence-corrected chi connectivity index (χ3v) is 2.25. The minimum absolute atomic E-state index is 0.0293. The predicted octanol–water partition coefficient (Wildman–Crippen LogP) is 1.20. The molecule has 0 aliphatic carbocycles. The molecular formula is C13H23N3O2. The van der Waals surface area contributed by atoms with Crippen molar-refractivity contribution in [3.05, 3.63) is 0 Å². The second kappa shape index (κ2) is 7.00. The van der Waals surface area contributed by atoms with Gasteiger partial charge in [-0.15, -0.1) is 0 Å². The molecule has 0 saturated heterocycles. The lowest BCUT2D eigenvalue weighted by Gasteiger charge is -2.20. The van der Waals surface area contributed by atoms with Crippen molar-refractivity contribution in [1.82, 2.24) is 10.6 Å². The number of hydrogen-bond acceptors (Lipinski definition) is 3. The first-order chi connectivity index (χ1) is 8.17. The Labute approximate surface area is 109 Å². The van der Waals surface area contributed by atoms with E-state index in [4.69, 9.17) is 5.26 Å². The summed E-state index contributed by atoms with van der Waals surface area (Å²) in [6, 6.07) is 1.97. The van der Waals surface area contributed by atoms with Gasteiger partial charge in [0.15, 0.2) is 0 Å². The number of carbonyl (C=O) groups excluding carboxylic acids is 2. The van der Waals surface area contributed by atoms with Crippen molar-refractivity contribution in [3.63, 3.8) is 0 Å². The number of nitrogens with one attached hydrogen (secondary N) is 2. The third-order valence-electron chi connectivity index (χ3n) is 2.25. The van der Waals surface area contributed by atoms with E-state index in [0.717, 1.165) is 0 Å². The maximum atomic E-state index is 11.6. The van der Waals surface area contributed by atoms with E-state index >= 15 is 0 Å². The molecule has 1 atom stereocenters. The van der Waals surface area contributed by atoms with Crippen LogP contribution >= 0.6 is 0 Å². The summed E-state index contributed by atoms with van der Waals surface area (Å²) in [4.78, 5) is 23.1. The van der Waals surface area contributed by atoms with Gasteiger partial charge in [-0.2, -0.15) is 5.26 Å². The van der Waals surface area contributed by atoms with Crippen LogP contribution in [0.5, 0.6) is 0 Å². The molecule has 0 radical (unpaired) electrons. The second-order valence-electron chi connectivity index (χ2n) is 5.69. The molecule has 2 N–H and O–H groups in total. The van der Waals surface area contributed by atoms with Crippen LogP contribution in [0.1, 0.15) is 41.0 Å². The molecule has 0 aliphatic heterocycles. The topological polar surface area (TPSA) is 82.0 Å². The van der Waals surface area contributed by atoms with Gasteiger partial charge >= 0.3 is 0 Å². The minimum Gasteiger partial charge on any atom is -0.354 e. The summed E-state index contributed by atoms with van der Waals surface area (Å²) in [5.41, 5.74) is -0.270. The van der Waals surface area contributed by atoms with Crippen LogP contribution in [0.3, 0.4) is 0 Å². The second-order valence-corrected chi connectivity index (χ2v) is 5.69. The van der Waals surface area contributed by atoms with Crippen molar-refractivity contribution in [1.29, 1.82) is 5.26 Å². The van der Waals surface area contributed by atoms with E-state index in [-0.39, 0.29) is 36.2 Å². The van der Waals surface area contributed by atoms with Crippen molar-refractivity contribution in [2.75, 3.05) is 6.54 Å². The zero-order valence-electron chi connectivity index (χ0n) is 11.8. The number of amides is 2. The monoisotopic (exact) mass is 253 g/mol. The van der Waals surface area contributed by atoms with Crippen LogP contribution in [0.15, 0.2) is 0 Å². The number of nitriles is 1. The van der Waals surface area contributed by atoms with Crippen molar-refractivity contribution in [3.8, 4) is 6.07 Å². The summed E-state index contributed by atoms with van der Waals surface area (Å²) in [5, 5.41) is 14.3. The van der Waals surface area contributed by atoms with E-state index in [1.54, 1.807) is 0 Å². The van der Waals surface area contributed by atoms with Gasteiger partial charge in [-0.1, -0.05) is 13.8 Å². The molecule has 0 fully saturated rings. The minimum atomic E-state index is -0.657. The highest BCUT2D eigenvalue weighted by Gasteiger charge is 2.21. The first-order valence-corrected chi connectivity index (χ1v) is 6.15. The average Bonchev–Trinajstić information content (AvgIpc) is 2.14. The zero-order valence-corrected chi connectivity index (χ0v) is 11.8. The van der Waals surface area contributed by atoms with Crippen LogP contribution in [-0.4, -0.2) is 23.9 Å². The summed E-state index contributed by atoms with van der Waals surface area (Å²) in [5.74, 6) is -1.11. The SMILES string of the molecule is CC(C)C(C#N)C(=O)NCCC(=O)NC(C)(C)C. The fraction of sp³-hybridized carbons (Fsp3) is 0.769. The van der Waals surface area contributed by atoms with Gasteiger partial charge in [0.1, 0.15) is 5.92 Å². The van der Waals surface area contributed by atoms with E-state index < -0.39 is 5.92 Å². The normalized spacial score (nSPS) is 12.7. The Bertz CT molecular complexity index is 337. The van der Waals surface area contributed by atoms with Crippen LogP contribution in [0, 0.1) is 23.2 Å². The van der Waals surface area contributed by atoms with Gasteiger partial charge in [-0.25, -0.2) is 0 Å². The van der Waals surface area contributed by atoms with Gasteiger partial charge in [0, 0.05) is 18.5 Å².